The minimum absolute atomic E-state index is 0.163. The number of anilines is 1. The predicted molar refractivity (Wildman–Crippen MR) is 73.3 cm³/mol. The smallest absolute Gasteiger partial charge is 0.406 e. The number of aliphatic hydroxyl groups excluding tert-OH is 1. The van der Waals surface area contributed by atoms with Gasteiger partial charge in [-0.15, -0.1) is 13.2 Å². The number of ether oxygens (including phenoxy) is 1. The van der Waals surface area contributed by atoms with Gasteiger partial charge < -0.3 is 15.2 Å². The van der Waals surface area contributed by atoms with Crippen molar-refractivity contribution in [2.45, 2.75) is 19.4 Å². The molecule has 5 nitrogen and oxygen atoms in total. The van der Waals surface area contributed by atoms with E-state index in [0.717, 1.165) is 17.8 Å². The number of hydrogen-bond acceptors (Lipinski definition) is 5. The molecule has 0 amide bonds. The summed E-state index contributed by atoms with van der Waals surface area (Å²) in [5, 5.41) is 12.9. The van der Waals surface area contributed by atoms with Gasteiger partial charge in [0.2, 0.25) is 0 Å². The first kappa shape index (κ1) is 16.0. The fraction of sp³-hybridized carbons (Fsp3) is 0.286. The van der Waals surface area contributed by atoms with Gasteiger partial charge >= 0.3 is 6.36 Å². The fourth-order valence-corrected chi connectivity index (χ4v) is 1.76. The van der Waals surface area contributed by atoms with Crippen molar-refractivity contribution in [1.82, 2.24) is 9.97 Å². The van der Waals surface area contributed by atoms with E-state index in [4.69, 9.17) is 0 Å². The highest BCUT2D eigenvalue weighted by Crippen LogP contribution is 2.24. The Morgan fingerprint density at radius 2 is 1.91 bits per heavy atom. The van der Waals surface area contributed by atoms with Crippen LogP contribution in [-0.4, -0.2) is 28.0 Å². The van der Waals surface area contributed by atoms with E-state index in [1.165, 1.54) is 18.5 Å². The molecule has 0 radical (unpaired) electrons. The van der Waals surface area contributed by atoms with E-state index in [1.54, 1.807) is 6.07 Å². The second-order valence-corrected chi connectivity index (χ2v) is 4.56. The normalized spacial score (nSPS) is 12.8. The standard InChI is InChI=1S/C14H14F3N3O2/c1-9-6-13(20-8-19-9)18-7-12(21)10-2-4-11(5-3-10)22-14(15,16)17/h2-6,8,12,21H,7H2,1H3,(H,18,19,20). The summed E-state index contributed by atoms with van der Waals surface area (Å²) in [6, 6.07) is 6.77. The van der Waals surface area contributed by atoms with Gasteiger partial charge in [0, 0.05) is 18.3 Å². The lowest BCUT2D eigenvalue weighted by Crippen LogP contribution is -2.17. The summed E-state index contributed by atoms with van der Waals surface area (Å²) in [5.41, 5.74) is 1.24. The second-order valence-electron chi connectivity index (χ2n) is 4.56. The van der Waals surface area contributed by atoms with Gasteiger partial charge in [-0.1, -0.05) is 12.1 Å². The summed E-state index contributed by atoms with van der Waals surface area (Å²) >= 11 is 0. The first-order valence-corrected chi connectivity index (χ1v) is 6.40. The Labute approximate surface area is 124 Å². The van der Waals surface area contributed by atoms with E-state index in [1.807, 2.05) is 6.92 Å². The fourth-order valence-electron chi connectivity index (χ4n) is 1.76. The second kappa shape index (κ2) is 6.61. The number of hydrogen-bond donors (Lipinski definition) is 2. The first-order valence-electron chi connectivity index (χ1n) is 6.40. The predicted octanol–water partition coefficient (Wildman–Crippen LogP) is 2.83. The molecule has 1 atom stereocenters. The summed E-state index contributed by atoms with van der Waals surface area (Å²) in [6.07, 6.45) is -4.23. The first-order chi connectivity index (χ1) is 10.3. The average molecular weight is 313 g/mol. The van der Waals surface area contributed by atoms with Crippen LogP contribution in [0.1, 0.15) is 17.4 Å². The molecule has 0 spiro atoms. The van der Waals surface area contributed by atoms with Gasteiger partial charge in [0.15, 0.2) is 0 Å². The van der Waals surface area contributed by atoms with Crippen molar-refractivity contribution in [2.75, 3.05) is 11.9 Å². The van der Waals surface area contributed by atoms with Crippen molar-refractivity contribution >= 4 is 5.82 Å². The molecule has 0 aliphatic rings. The summed E-state index contributed by atoms with van der Waals surface area (Å²) in [5.74, 6) is 0.228. The Kier molecular flexibility index (Phi) is 4.81. The lowest BCUT2D eigenvalue weighted by atomic mass is 10.1. The van der Waals surface area contributed by atoms with Gasteiger partial charge in [-0.2, -0.15) is 0 Å². The van der Waals surface area contributed by atoms with Crippen LogP contribution in [0.2, 0.25) is 0 Å². The van der Waals surface area contributed by atoms with Crippen LogP contribution in [0.3, 0.4) is 0 Å². The zero-order valence-corrected chi connectivity index (χ0v) is 11.6. The maximum Gasteiger partial charge on any atom is 0.573 e. The molecule has 2 aromatic rings. The number of benzene rings is 1. The van der Waals surface area contributed by atoms with Gasteiger partial charge in [-0.05, 0) is 24.6 Å². The highest BCUT2D eigenvalue weighted by molar-refractivity contribution is 5.35. The maximum absolute atomic E-state index is 12.0. The molecule has 0 saturated heterocycles. The minimum Gasteiger partial charge on any atom is -0.406 e. The number of aryl methyl sites for hydroxylation is 1. The van der Waals surface area contributed by atoms with E-state index < -0.39 is 12.5 Å². The molecule has 1 heterocycles. The van der Waals surface area contributed by atoms with Crippen LogP contribution in [0.4, 0.5) is 19.0 Å². The van der Waals surface area contributed by atoms with Crippen molar-refractivity contribution in [1.29, 1.82) is 0 Å². The van der Waals surface area contributed by atoms with Crippen molar-refractivity contribution in [3.05, 3.63) is 47.9 Å². The third-order valence-electron chi connectivity index (χ3n) is 2.78. The van der Waals surface area contributed by atoms with Crippen LogP contribution < -0.4 is 10.1 Å². The van der Waals surface area contributed by atoms with E-state index in [0.29, 0.717) is 11.4 Å². The Hall–Kier alpha value is -2.35. The van der Waals surface area contributed by atoms with Gasteiger partial charge in [-0.3, -0.25) is 0 Å². The Morgan fingerprint density at radius 1 is 1.23 bits per heavy atom. The highest BCUT2D eigenvalue weighted by Gasteiger charge is 2.31. The number of aromatic nitrogens is 2. The van der Waals surface area contributed by atoms with Gasteiger partial charge in [0.05, 0.1) is 6.10 Å². The Morgan fingerprint density at radius 3 is 2.50 bits per heavy atom. The topological polar surface area (TPSA) is 67.3 Å². The molecule has 118 valence electrons. The summed E-state index contributed by atoms with van der Waals surface area (Å²) in [4.78, 5) is 7.93. The third-order valence-corrected chi connectivity index (χ3v) is 2.78. The summed E-state index contributed by atoms with van der Waals surface area (Å²) in [6.45, 7) is 1.97. The van der Waals surface area contributed by atoms with E-state index >= 15 is 0 Å². The molecule has 0 saturated carbocycles. The van der Waals surface area contributed by atoms with Crippen LogP contribution in [-0.2, 0) is 0 Å². The Balaban J connectivity index is 1.93. The molecule has 1 aromatic heterocycles. The molecule has 2 rings (SSSR count). The van der Waals surface area contributed by atoms with Crippen LogP contribution >= 0.6 is 0 Å². The maximum atomic E-state index is 12.0. The average Bonchev–Trinajstić information content (AvgIpc) is 2.44. The highest BCUT2D eigenvalue weighted by atomic mass is 19.4. The van der Waals surface area contributed by atoms with Crippen molar-refractivity contribution in [2.24, 2.45) is 0 Å². The molecular weight excluding hydrogens is 299 g/mol. The number of rotatable bonds is 5. The number of nitrogens with one attached hydrogen (secondary N) is 1. The van der Waals surface area contributed by atoms with Gasteiger partial charge in [-0.25, -0.2) is 9.97 Å². The molecule has 2 N–H and O–H groups in total. The largest absolute Gasteiger partial charge is 0.573 e. The van der Waals surface area contributed by atoms with Crippen LogP contribution in [0, 0.1) is 6.92 Å². The van der Waals surface area contributed by atoms with E-state index in [2.05, 4.69) is 20.0 Å². The van der Waals surface area contributed by atoms with Crippen molar-refractivity contribution < 1.29 is 23.0 Å². The molecule has 0 aliphatic heterocycles. The molecule has 0 fully saturated rings. The zero-order valence-electron chi connectivity index (χ0n) is 11.6. The lowest BCUT2D eigenvalue weighted by molar-refractivity contribution is -0.274. The number of halogens is 3. The SMILES string of the molecule is Cc1cc(NCC(O)c2ccc(OC(F)(F)F)cc2)ncn1. The van der Waals surface area contributed by atoms with Crippen LogP contribution in [0.15, 0.2) is 36.7 Å². The molecule has 1 unspecified atom stereocenters. The van der Waals surface area contributed by atoms with E-state index in [-0.39, 0.29) is 12.3 Å². The van der Waals surface area contributed by atoms with Crippen molar-refractivity contribution in [3.63, 3.8) is 0 Å². The quantitative estimate of drug-likeness (QED) is 0.888. The van der Waals surface area contributed by atoms with Crippen molar-refractivity contribution in [3.8, 4) is 5.75 Å². The van der Waals surface area contributed by atoms with Gasteiger partial charge in [0.25, 0.3) is 0 Å². The molecule has 0 bridgehead atoms. The number of alkyl halides is 3. The minimum atomic E-state index is -4.73. The summed E-state index contributed by atoms with van der Waals surface area (Å²) < 4.78 is 39.9. The number of aliphatic hydroxyl groups is 1. The molecule has 0 aliphatic carbocycles. The van der Waals surface area contributed by atoms with E-state index in [9.17, 15) is 18.3 Å². The molecule has 22 heavy (non-hydrogen) atoms. The molecule has 8 heteroatoms. The van der Waals surface area contributed by atoms with Gasteiger partial charge in [0.1, 0.15) is 17.9 Å². The molecular formula is C14H14F3N3O2. The van der Waals surface area contributed by atoms with Crippen LogP contribution in [0.25, 0.3) is 0 Å². The monoisotopic (exact) mass is 313 g/mol. The third kappa shape index (κ3) is 4.88. The van der Waals surface area contributed by atoms with Crippen LogP contribution in [0.5, 0.6) is 5.75 Å². The Bertz CT molecular complexity index is 617. The lowest BCUT2D eigenvalue weighted by Gasteiger charge is -2.14. The summed E-state index contributed by atoms with van der Waals surface area (Å²) in [7, 11) is 0. The zero-order chi connectivity index (χ0) is 16.2. The number of nitrogens with zero attached hydrogens (tertiary/aromatic N) is 2. The molecule has 1 aromatic carbocycles.